The van der Waals surface area contributed by atoms with Gasteiger partial charge >= 0.3 is 0 Å². The van der Waals surface area contributed by atoms with Gasteiger partial charge in [-0.1, -0.05) is 109 Å². The van der Waals surface area contributed by atoms with Crippen LogP contribution in [-0.4, -0.2) is 18.3 Å². The zero-order valence-electron chi connectivity index (χ0n) is 28.3. The molecule has 8 heteroatoms. The van der Waals surface area contributed by atoms with E-state index in [0.29, 0.717) is 43.9 Å². The second kappa shape index (κ2) is 11.2. The summed E-state index contributed by atoms with van der Waals surface area (Å²) in [5.74, 6) is -6.04. The van der Waals surface area contributed by atoms with Gasteiger partial charge in [-0.05, 0) is 48.5 Å². The highest BCUT2D eigenvalue weighted by atomic mass is 19.2. The topological polar surface area (TPSA) is 19.7 Å². The van der Waals surface area contributed by atoms with E-state index in [-0.39, 0.29) is 0 Å². The highest BCUT2D eigenvalue weighted by Gasteiger charge is 2.34. The minimum absolute atomic E-state index is 0.381. The molecule has 4 heterocycles. The molecule has 54 heavy (non-hydrogen) atoms. The van der Waals surface area contributed by atoms with Crippen LogP contribution in [0.1, 0.15) is 0 Å². The molecule has 7 aromatic carbocycles. The number of fused-ring (bicyclic) bond motifs is 10. The highest BCUT2D eigenvalue weighted by Crippen LogP contribution is 2.45. The van der Waals surface area contributed by atoms with Gasteiger partial charge in [0.05, 0.1) is 22.1 Å². The lowest BCUT2D eigenvalue weighted by Gasteiger charge is -2.18. The average molecular weight is 711 g/mol. The molecule has 0 unspecified atom stereocenters. The van der Waals surface area contributed by atoms with Crippen LogP contribution in [-0.2, 0) is 0 Å². The third-order valence-electron chi connectivity index (χ3n) is 10.6. The van der Waals surface area contributed by atoms with Gasteiger partial charge in [0.15, 0.2) is 23.3 Å². The predicted octanol–water partition coefficient (Wildman–Crippen LogP) is 12.3. The molecule has 11 aromatic rings. The van der Waals surface area contributed by atoms with Crippen molar-refractivity contribution in [3.05, 3.63) is 181 Å². The SMILES string of the molecule is Fc1c(F)c(-n2c3ccccc3c3c4ccccc4n(-c4ccccc4)c32)c(F)c(F)c1-n1c2ccccc2c2c3ccccc3n(-c3ccccc3)c21. The van der Waals surface area contributed by atoms with E-state index >= 15 is 17.6 Å². The van der Waals surface area contributed by atoms with E-state index in [9.17, 15) is 0 Å². The first-order valence-corrected chi connectivity index (χ1v) is 17.6. The molecule has 4 aromatic heterocycles. The van der Waals surface area contributed by atoms with Crippen molar-refractivity contribution in [2.24, 2.45) is 0 Å². The normalized spacial score (nSPS) is 12.1. The molecule has 4 nitrogen and oxygen atoms in total. The third kappa shape index (κ3) is 3.91. The summed E-state index contributed by atoms with van der Waals surface area (Å²) in [6, 6.07) is 48.4. The fourth-order valence-corrected chi connectivity index (χ4v) is 8.53. The van der Waals surface area contributed by atoms with E-state index < -0.39 is 34.6 Å². The lowest BCUT2D eigenvalue weighted by Crippen LogP contribution is -2.14. The largest absolute Gasteiger partial charge is 0.295 e. The summed E-state index contributed by atoms with van der Waals surface area (Å²) in [4.78, 5) is 0. The summed E-state index contributed by atoms with van der Waals surface area (Å²) in [6.45, 7) is 0. The lowest BCUT2D eigenvalue weighted by molar-refractivity contribution is 0.445. The van der Waals surface area contributed by atoms with Crippen molar-refractivity contribution in [2.75, 3.05) is 0 Å². The molecule has 0 aliphatic heterocycles. The number of benzene rings is 7. The predicted molar refractivity (Wildman–Crippen MR) is 209 cm³/mol. The molecule has 0 bridgehead atoms. The van der Waals surface area contributed by atoms with Gasteiger partial charge in [-0.25, -0.2) is 17.6 Å². The van der Waals surface area contributed by atoms with Crippen molar-refractivity contribution in [1.29, 1.82) is 0 Å². The maximum absolute atomic E-state index is 17.3. The van der Waals surface area contributed by atoms with Crippen LogP contribution >= 0.6 is 0 Å². The highest BCUT2D eigenvalue weighted by molar-refractivity contribution is 6.23. The van der Waals surface area contributed by atoms with Gasteiger partial charge in [0.1, 0.15) is 22.7 Å². The Labute approximate surface area is 304 Å². The molecule has 0 fully saturated rings. The molecule has 0 spiro atoms. The first-order chi connectivity index (χ1) is 26.5. The van der Waals surface area contributed by atoms with Crippen LogP contribution in [0.15, 0.2) is 158 Å². The summed E-state index contributed by atoms with van der Waals surface area (Å²) in [7, 11) is 0. The lowest BCUT2D eigenvalue weighted by atomic mass is 10.1. The van der Waals surface area contributed by atoms with Gasteiger partial charge in [0, 0.05) is 43.7 Å². The Bertz CT molecular complexity index is 3060. The van der Waals surface area contributed by atoms with Crippen molar-refractivity contribution in [2.45, 2.75) is 0 Å². The van der Waals surface area contributed by atoms with Gasteiger partial charge in [-0.3, -0.25) is 18.3 Å². The Morgan fingerprint density at radius 2 is 0.537 bits per heavy atom. The van der Waals surface area contributed by atoms with Crippen molar-refractivity contribution in [3.8, 4) is 22.7 Å². The Balaban J connectivity index is 1.30. The summed E-state index contributed by atoms with van der Waals surface area (Å²) in [6.07, 6.45) is 0. The summed E-state index contributed by atoms with van der Waals surface area (Å²) < 4.78 is 75.6. The number of aromatic nitrogens is 4. The first kappa shape index (κ1) is 30.6. The van der Waals surface area contributed by atoms with E-state index in [0.717, 1.165) is 33.2 Å². The second-order valence-corrected chi connectivity index (χ2v) is 13.4. The monoisotopic (exact) mass is 710 g/mol. The van der Waals surface area contributed by atoms with Crippen molar-refractivity contribution in [3.63, 3.8) is 0 Å². The molecule has 258 valence electrons. The number of rotatable bonds is 4. The number of hydrogen-bond donors (Lipinski definition) is 0. The van der Waals surface area contributed by atoms with E-state index in [2.05, 4.69) is 0 Å². The minimum Gasteiger partial charge on any atom is -0.295 e. The number of nitrogens with zero attached hydrogens (tertiary/aromatic N) is 4. The van der Waals surface area contributed by atoms with E-state index in [4.69, 9.17) is 0 Å². The van der Waals surface area contributed by atoms with Gasteiger partial charge in [-0.2, -0.15) is 0 Å². The fraction of sp³-hybridized carbons (Fsp3) is 0. The Kier molecular flexibility index (Phi) is 6.35. The fourth-order valence-electron chi connectivity index (χ4n) is 8.53. The minimum atomic E-state index is -1.51. The molecule has 0 atom stereocenters. The Hall–Kier alpha value is -7.06. The van der Waals surface area contributed by atoms with Gasteiger partial charge < -0.3 is 0 Å². The van der Waals surface area contributed by atoms with Crippen LogP contribution in [0.2, 0.25) is 0 Å². The van der Waals surface area contributed by atoms with Crippen molar-refractivity contribution in [1.82, 2.24) is 18.3 Å². The van der Waals surface area contributed by atoms with E-state index in [1.807, 2.05) is 143 Å². The van der Waals surface area contributed by atoms with Crippen LogP contribution < -0.4 is 0 Å². The average Bonchev–Trinajstić information content (AvgIpc) is 3.94. The maximum atomic E-state index is 17.3. The van der Waals surface area contributed by atoms with Crippen LogP contribution in [0, 0.1) is 23.3 Å². The Morgan fingerprint density at radius 1 is 0.278 bits per heavy atom. The number of halogens is 4. The van der Waals surface area contributed by atoms with Gasteiger partial charge in [-0.15, -0.1) is 0 Å². The molecular formula is C46H26F4N4. The van der Waals surface area contributed by atoms with Crippen molar-refractivity contribution < 1.29 is 17.6 Å². The molecule has 0 N–H and O–H groups in total. The summed E-state index contributed by atoms with van der Waals surface area (Å²) in [5, 5.41) is 4.46. The summed E-state index contributed by atoms with van der Waals surface area (Å²) >= 11 is 0. The van der Waals surface area contributed by atoms with E-state index in [1.165, 1.54) is 9.13 Å². The summed E-state index contributed by atoms with van der Waals surface area (Å²) in [5.41, 5.74) is 2.90. The molecule has 0 saturated heterocycles. The zero-order chi connectivity index (χ0) is 36.2. The van der Waals surface area contributed by atoms with Crippen molar-refractivity contribution >= 4 is 65.7 Å². The van der Waals surface area contributed by atoms with Crippen LogP contribution in [0.4, 0.5) is 17.6 Å². The molecule has 0 aliphatic carbocycles. The number of para-hydroxylation sites is 6. The first-order valence-electron chi connectivity index (χ1n) is 17.6. The van der Waals surface area contributed by atoms with Gasteiger partial charge in [0.2, 0.25) is 0 Å². The molecule has 0 saturated carbocycles. The molecule has 11 rings (SSSR count). The molecule has 0 amide bonds. The molecular weight excluding hydrogens is 685 g/mol. The molecule has 0 radical (unpaired) electrons. The van der Waals surface area contributed by atoms with Crippen LogP contribution in [0.5, 0.6) is 0 Å². The third-order valence-corrected chi connectivity index (χ3v) is 10.6. The van der Waals surface area contributed by atoms with Crippen LogP contribution in [0.25, 0.3) is 88.4 Å². The van der Waals surface area contributed by atoms with Crippen LogP contribution in [0.3, 0.4) is 0 Å². The molecule has 0 aliphatic rings. The second-order valence-electron chi connectivity index (χ2n) is 13.4. The Morgan fingerprint density at radius 3 is 0.852 bits per heavy atom. The number of hydrogen-bond acceptors (Lipinski definition) is 0. The van der Waals surface area contributed by atoms with E-state index in [1.54, 1.807) is 24.3 Å². The maximum Gasteiger partial charge on any atom is 0.188 e. The smallest absolute Gasteiger partial charge is 0.188 e. The quantitative estimate of drug-likeness (QED) is 0.128. The standard InChI is InChI=1S/C46H26F4N4/c47-39-41(49)44(54-36-26-14-10-22-32(36)38-30-20-8-12-24-34(30)52(46(38)54)28-17-5-2-6-18-28)42(50)40(48)43(39)53-35-25-13-9-21-31(35)37-29-19-7-11-23-33(29)51(45(37)53)27-15-3-1-4-16-27/h1-26H. The zero-order valence-corrected chi connectivity index (χ0v) is 28.3. The van der Waals surface area contributed by atoms with Gasteiger partial charge in [0.25, 0.3) is 0 Å².